The highest BCUT2D eigenvalue weighted by atomic mass is 32.2. The zero-order valence-corrected chi connectivity index (χ0v) is 13.6. The second-order valence-corrected chi connectivity index (χ2v) is 8.46. The van der Waals surface area contributed by atoms with Gasteiger partial charge in [-0.3, -0.25) is 4.79 Å². The minimum absolute atomic E-state index is 0.00628. The lowest BCUT2D eigenvalue weighted by molar-refractivity contribution is -0.137. The van der Waals surface area contributed by atoms with Crippen molar-refractivity contribution in [2.75, 3.05) is 18.8 Å². The molecule has 0 radical (unpaired) electrons. The molecule has 0 saturated carbocycles. The third-order valence-corrected chi connectivity index (χ3v) is 6.09. The van der Waals surface area contributed by atoms with E-state index in [2.05, 4.69) is 0 Å². The van der Waals surface area contributed by atoms with Gasteiger partial charge in [0, 0.05) is 18.7 Å². The Bertz CT molecular complexity index is 692. The minimum atomic E-state index is -4.52. The van der Waals surface area contributed by atoms with E-state index in [1.165, 1.54) is 17.0 Å². The summed E-state index contributed by atoms with van der Waals surface area (Å²) in [5.41, 5.74) is -0.979. The van der Waals surface area contributed by atoms with Gasteiger partial charge in [-0.25, -0.2) is 8.42 Å². The Kier molecular flexibility index (Phi) is 4.75. The minimum Gasteiger partial charge on any atom is -0.336 e. The SMILES string of the molecule is CC(C)CS(=O)(=O)C1CN(C(=O)c2cccc(C(F)(F)F)c2)C1. The van der Waals surface area contributed by atoms with Crippen LogP contribution in [0.25, 0.3) is 0 Å². The fraction of sp³-hybridized carbons (Fsp3) is 0.533. The Balaban J connectivity index is 2.05. The topological polar surface area (TPSA) is 54.5 Å². The van der Waals surface area contributed by atoms with Crippen LogP contribution in [0, 0.1) is 5.92 Å². The zero-order valence-electron chi connectivity index (χ0n) is 12.8. The van der Waals surface area contributed by atoms with E-state index < -0.39 is 32.7 Å². The molecule has 0 bridgehead atoms. The van der Waals surface area contributed by atoms with Gasteiger partial charge in [0.25, 0.3) is 5.91 Å². The summed E-state index contributed by atoms with van der Waals surface area (Å²) in [6, 6.07) is 4.15. The number of sulfone groups is 1. The predicted octanol–water partition coefficient (Wildman–Crippen LogP) is 2.60. The predicted molar refractivity (Wildman–Crippen MR) is 79.8 cm³/mol. The molecule has 128 valence electrons. The van der Waals surface area contributed by atoms with Crippen molar-refractivity contribution in [3.05, 3.63) is 35.4 Å². The van der Waals surface area contributed by atoms with Crippen LogP contribution in [0.3, 0.4) is 0 Å². The van der Waals surface area contributed by atoms with Gasteiger partial charge < -0.3 is 4.90 Å². The molecule has 1 fully saturated rings. The van der Waals surface area contributed by atoms with Gasteiger partial charge >= 0.3 is 6.18 Å². The number of likely N-dealkylation sites (tertiary alicyclic amines) is 1. The molecular formula is C15H18F3NO3S. The first-order valence-corrected chi connectivity index (χ1v) is 8.90. The summed E-state index contributed by atoms with van der Waals surface area (Å²) in [4.78, 5) is 13.4. The molecule has 1 saturated heterocycles. The quantitative estimate of drug-likeness (QED) is 0.840. The van der Waals surface area contributed by atoms with E-state index in [9.17, 15) is 26.4 Å². The Morgan fingerprint density at radius 2 is 1.91 bits per heavy atom. The molecule has 0 spiro atoms. The Morgan fingerprint density at radius 1 is 1.30 bits per heavy atom. The summed E-state index contributed by atoms with van der Waals surface area (Å²) in [7, 11) is -3.28. The molecule has 1 heterocycles. The van der Waals surface area contributed by atoms with Crippen LogP contribution >= 0.6 is 0 Å². The van der Waals surface area contributed by atoms with E-state index in [-0.39, 0.29) is 30.3 Å². The van der Waals surface area contributed by atoms with E-state index in [4.69, 9.17) is 0 Å². The molecule has 1 aliphatic rings. The molecule has 4 nitrogen and oxygen atoms in total. The van der Waals surface area contributed by atoms with Crippen molar-refractivity contribution >= 4 is 15.7 Å². The van der Waals surface area contributed by atoms with Gasteiger partial charge in [-0.1, -0.05) is 19.9 Å². The number of rotatable bonds is 4. The smallest absolute Gasteiger partial charge is 0.336 e. The van der Waals surface area contributed by atoms with Gasteiger partial charge in [0.15, 0.2) is 9.84 Å². The Morgan fingerprint density at radius 3 is 2.43 bits per heavy atom. The number of benzene rings is 1. The van der Waals surface area contributed by atoms with Crippen LogP contribution in [-0.4, -0.2) is 43.3 Å². The molecule has 0 aliphatic carbocycles. The molecule has 0 aromatic heterocycles. The third-order valence-electron chi connectivity index (χ3n) is 3.65. The van der Waals surface area contributed by atoms with E-state index in [1.807, 2.05) is 0 Å². The standard InChI is InChI=1S/C15H18F3NO3S/c1-10(2)9-23(21,22)13-7-19(8-13)14(20)11-4-3-5-12(6-11)15(16,17)18/h3-6,10,13H,7-9H2,1-2H3. The molecule has 0 atom stereocenters. The maximum Gasteiger partial charge on any atom is 0.416 e. The van der Waals surface area contributed by atoms with Crippen molar-refractivity contribution in [3.63, 3.8) is 0 Å². The molecule has 2 rings (SSSR count). The Labute approximate surface area is 133 Å². The summed E-state index contributed by atoms with van der Waals surface area (Å²) in [6.07, 6.45) is -4.52. The second kappa shape index (κ2) is 6.14. The van der Waals surface area contributed by atoms with Gasteiger partial charge in [-0.15, -0.1) is 0 Å². The average Bonchev–Trinajstić information content (AvgIpc) is 2.33. The number of alkyl halides is 3. The van der Waals surface area contributed by atoms with E-state index in [0.29, 0.717) is 0 Å². The summed E-state index contributed by atoms with van der Waals surface area (Å²) in [5.74, 6) is -0.538. The van der Waals surface area contributed by atoms with Crippen molar-refractivity contribution < 1.29 is 26.4 Å². The third kappa shape index (κ3) is 4.04. The molecular weight excluding hydrogens is 331 g/mol. The second-order valence-electron chi connectivity index (χ2n) is 6.13. The van der Waals surface area contributed by atoms with Gasteiger partial charge in [-0.05, 0) is 24.1 Å². The normalized spacial score (nSPS) is 16.5. The van der Waals surface area contributed by atoms with Crippen molar-refractivity contribution in [2.45, 2.75) is 25.3 Å². The van der Waals surface area contributed by atoms with Gasteiger partial charge in [0.2, 0.25) is 0 Å². The van der Waals surface area contributed by atoms with Gasteiger partial charge in [0.05, 0.1) is 16.6 Å². The number of carbonyl (C=O) groups excluding carboxylic acids is 1. The molecule has 8 heteroatoms. The van der Waals surface area contributed by atoms with Gasteiger partial charge in [0.1, 0.15) is 0 Å². The molecule has 0 N–H and O–H groups in total. The fourth-order valence-electron chi connectivity index (χ4n) is 2.44. The highest BCUT2D eigenvalue weighted by Crippen LogP contribution is 2.30. The first kappa shape index (κ1) is 17.8. The number of hydrogen-bond acceptors (Lipinski definition) is 3. The summed E-state index contributed by atoms with van der Waals surface area (Å²) in [5, 5.41) is -0.625. The summed E-state index contributed by atoms with van der Waals surface area (Å²) in [6.45, 7) is 3.65. The molecule has 1 aliphatic heterocycles. The maximum absolute atomic E-state index is 12.7. The van der Waals surface area contributed by atoms with Gasteiger partial charge in [-0.2, -0.15) is 13.2 Å². The fourth-order valence-corrected chi connectivity index (χ4v) is 4.46. The van der Waals surface area contributed by atoms with Crippen LogP contribution in [0.5, 0.6) is 0 Å². The van der Waals surface area contributed by atoms with Crippen LogP contribution in [0.4, 0.5) is 13.2 Å². The molecule has 23 heavy (non-hydrogen) atoms. The lowest BCUT2D eigenvalue weighted by Crippen LogP contribution is -2.57. The van der Waals surface area contributed by atoms with Crippen molar-refractivity contribution in [1.29, 1.82) is 0 Å². The number of amides is 1. The molecule has 1 aromatic rings. The van der Waals surface area contributed by atoms with E-state index >= 15 is 0 Å². The highest BCUT2D eigenvalue weighted by Gasteiger charge is 2.40. The monoisotopic (exact) mass is 349 g/mol. The summed E-state index contributed by atoms with van der Waals surface area (Å²) >= 11 is 0. The van der Waals surface area contributed by atoms with Crippen molar-refractivity contribution in [3.8, 4) is 0 Å². The van der Waals surface area contributed by atoms with Crippen molar-refractivity contribution in [1.82, 2.24) is 4.90 Å². The number of hydrogen-bond donors (Lipinski definition) is 0. The number of nitrogens with zero attached hydrogens (tertiary/aromatic N) is 1. The van der Waals surface area contributed by atoms with E-state index in [0.717, 1.165) is 12.1 Å². The Hall–Kier alpha value is -1.57. The zero-order chi connectivity index (χ0) is 17.4. The van der Waals surface area contributed by atoms with Crippen LogP contribution in [0.1, 0.15) is 29.8 Å². The average molecular weight is 349 g/mol. The molecule has 1 amide bonds. The highest BCUT2D eigenvalue weighted by molar-refractivity contribution is 7.92. The largest absolute Gasteiger partial charge is 0.416 e. The molecule has 1 aromatic carbocycles. The van der Waals surface area contributed by atoms with Crippen LogP contribution < -0.4 is 0 Å². The lowest BCUT2D eigenvalue weighted by atomic mass is 10.1. The first-order chi connectivity index (χ1) is 10.5. The van der Waals surface area contributed by atoms with Crippen LogP contribution in [0.2, 0.25) is 0 Å². The maximum atomic E-state index is 12.7. The van der Waals surface area contributed by atoms with E-state index in [1.54, 1.807) is 13.8 Å². The number of halogens is 3. The first-order valence-electron chi connectivity index (χ1n) is 7.19. The number of carbonyl (C=O) groups is 1. The summed E-state index contributed by atoms with van der Waals surface area (Å²) < 4.78 is 62.0. The molecule has 0 unspecified atom stereocenters. The van der Waals surface area contributed by atoms with Crippen LogP contribution in [0.15, 0.2) is 24.3 Å². The lowest BCUT2D eigenvalue weighted by Gasteiger charge is -2.39. The van der Waals surface area contributed by atoms with Crippen molar-refractivity contribution in [2.24, 2.45) is 5.92 Å². The van der Waals surface area contributed by atoms with Crippen LogP contribution in [-0.2, 0) is 16.0 Å².